The maximum Gasteiger partial charge on any atom is 0.262 e. The van der Waals surface area contributed by atoms with E-state index in [4.69, 9.17) is 25.2 Å². The van der Waals surface area contributed by atoms with Crippen LogP contribution in [-0.4, -0.2) is 78.4 Å². The van der Waals surface area contributed by atoms with Gasteiger partial charge in [0.2, 0.25) is 11.9 Å². The lowest BCUT2D eigenvalue weighted by Crippen LogP contribution is -2.65. The molecule has 1 aromatic heterocycles. The number of carbonyl (C=O) groups excluding carboxylic acids is 1. The largest absolute Gasteiger partial charge is 0.497 e. The van der Waals surface area contributed by atoms with Gasteiger partial charge in [-0.05, 0) is 79.7 Å². The Kier molecular flexibility index (Phi) is 9.64. The third kappa shape index (κ3) is 7.13. The molecule has 258 valence electrons. The van der Waals surface area contributed by atoms with Gasteiger partial charge >= 0.3 is 0 Å². The van der Waals surface area contributed by atoms with E-state index < -0.39 is 0 Å². The number of halogens is 1. The minimum atomic E-state index is -0.381. The molecule has 3 aromatic rings. The highest BCUT2D eigenvalue weighted by Crippen LogP contribution is 2.44. The van der Waals surface area contributed by atoms with Crippen LogP contribution >= 0.6 is 0 Å². The Morgan fingerprint density at radius 1 is 1.15 bits per heavy atom. The standard InChI is InChI=1S/C36H48FN7O4/c1-22-16-25(20-36(3,4)19-22)32-23(2)39-31(45)21-44(32)34(38)40-26-7-9-28-30(17-26)41-35(42-12-14-48-15-13-42)43(33(28)46)11-10-24-6-8-27(47-5)18-29(24)37/h6-9,17-18,22-23,25,32H,10-16,19-21H2,1-5H3,(H2,38,40)(H,39,45)/t22-,23+,25?,32?/m1/s1. The molecule has 3 heterocycles. The highest BCUT2D eigenvalue weighted by molar-refractivity contribution is 5.90. The normalized spacial score (nSPS) is 24.9. The summed E-state index contributed by atoms with van der Waals surface area (Å²) in [4.78, 5) is 40.5. The van der Waals surface area contributed by atoms with Crippen LogP contribution in [0.2, 0.25) is 0 Å². The van der Waals surface area contributed by atoms with Gasteiger partial charge in [0.15, 0.2) is 5.96 Å². The number of piperazine rings is 1. The number of nitrogens with one attached hydrogen (secondary N) is 1. The van der Waals surface area contributed by atoms with Gasteiger partial charge in [0.25, 0.3) is 5.56 Å². The number of hydrogen-bond donors (Lipinski definition) is 2. The molecular formula is C36H48FN7O4. The monoisotopic (exact) mass is 661 g/mol. The number of anilines is 1. The number of morpholine rings is 1. The molecule has 3 fully saturated rings. The van der Waals surface area contributed by atoms with Gasteiger partial charge in [-0.2, -0.15) is 0 Å². The van der Waals surface area contributed by atoms with Crippen molar-refractivity contribution in [2.75, 3.05) is 44.9 Å². The van der Waals surface area contributed by atoms with E-state index >= 15 is 0 Å². The maximum absolute atomic E-state index is 14.8. The van der Waals surface area contributed by atoms with Crippen LogP contribution in [0.5, 0.6) is 5.75 Å². The van der Waals surface area contributed by atoms with Crippen molar-refractivity contribution in [3.05, 3.63) is 58.1 Å². The van der Waals surface area contributed by atoms with Crippen LogP contribution < -0.4 is 26.2 Å². The molecule has 1 saturated carbocycles. The van der Waals surface area contributed by atoms with E-state index in [1.54, 1.807) is 34.9 Å². The lowest BCUT2D eigenvalue weighted by atomic mass is 9.65. The zero-order valence-corrected chi connectivity index (χ0v) is 28.7. The third-order valence-electron chi connectivity index (χ3n) is 10.1. The fourth-order valence-electron chi connectivity index (χ4n) is 8.25. The molecule has 0 spiro atoms. The smallest absolute Gasteiger partial charge is 0.262 e. The molecule has 4 atom stereocenters. The molecule has 0 radical (unpaired) electrons. The predicted octanol–water partition coefficient (Wildman–Crippen LogP) is 4.22. The number of aromatic nitrogens is 2. The number of nitrogens with zero attached hydrogens (tertiary/aromatic N) is 5. The van der Waals surface area contributed by atoms with E-state index in [1.165, 1.54) is 19.6 Å². The van der Waals surface area contributed by atoms with Crippen LogP contribution in [0.1, 0.15) is 52.5 Å². The number of hydrogen-bond acceptors (Lipinski definition) is 7. The molecule has 11 nitrogen and oxygen atoms in total. The van der Waals surface area contributed by atoms with Crippen LogP contribution in [0.25, 0.3) is 10.9 Å². The van der Waals surface area contributed by atoms with Crippen LogP contribution in [0.15, 0.2) is 46.2 Å². The molecule has 48 heavy (non-hydrogen) atoms. The van der Waals surface area contributed by atoms with Crippen molar-refractivity contribution in [1.82, 2.24) is 19.8 Å². The van der Waals surface area contributed by atoms with Gasteiger partial charge in [-0.3, -0.25) is 14.2 Å². The van der Waals surface area contributed by atoms with Gasteiger partial charge < -0.3 is 30.3 Å². The predicted molar refractivity (Wildman–Crippen MR) is 185 cm³/mol. The van der Waals surface area contributed by atoms with Gasteiger partial charge in [0, 0.05) is 31.7 Å². The lowest BCUT2D eigenvalue weighted by molar-refractivity contribution is -0.126. The number of nitrogens with two attached hydrogens (primary N) is 1. The summed E-state index contributed by atoms with van der Waals surface area (Å²) in [6.45, 7) is 11.6. The highest BCUT2D eigenvalue weighted by Gasteiger charge is 2.43. The van der Waals surface area contributed by atoms with E-state index in [9.17, 15) is 14.0 Å². The van der Waals surface area contributed by atoms with Crippen LogP contribution in [-0.2, 0) is 22.5 Å². The number of aliphatic imine (C=N–C) groups is 1. The minimum absolute atomic E-state index is 0.0164. The van der Waals surface area contributed by atoms with Crippen molar-refractivity contribution in [2.45, 2.75) is 72.0 Å². The number of aryl methyl sites for hydroxylation is 1. The van der Waals surface area contributed by atoms with Crippen molar-refractivity contribution in [3.63, 3.8) is 0 Å². The molecule has 3 aliphatic rings. The van der Waals surface area contributed by atoms with Crippen LogP contribution in [0.4, 0.5) is 16.0 Å². The summed E-state index contributed by atoms with van der Waals surface area (Å²) < 4.78 is 27.1. The molecular weight excluding hydrogens is 613 g/mol. The van der Waals surface area contributed by atoms with Crippen LogP contribution in [0.3, 0.4) is 0 Å². The number of guanidine groups is 1. The van der Waals surface area contributed by atoms with Crippen molar-refractivity contribution < 1.29 is 18.7 Å². The average Bonchev–Trinajstić information content (AvgIpc) is 3.03. The first-order chi connectivity index (χ1) is 22.9. The first-order valence-corrected chi connectivity index (χ1v) is 17.0. The summed E-state index contributed by atoms with van der Waals surface area (Å²) in [5, 5.41) is 3.57. The van der Waals surface area contributed by atoms with Crippen molar-refractivity contribution in [1.29, 1.82) is 0 Å². The Morgan fingerprint density at radius 2 is 1.92 bits per heavy atom. The molecule has 2 aromatic carbocycles. The van der Waals surface area contributed by atoms with Gasteiger partial charge in [0.1, 0.15) is 18.1 Å². The summed E-state index contributed by atoms with van der Waals surface area (Å²) in [7, 11) is 1.50. The second-order valence-electron chi connectivity index (χ2n) is 14.5. The Labute approximate surface area is 281 Å². The second-order valence-corrected chi connectivity index (χ2v) is 14.5. The number of fused-ring (bicyclic) bond motifs is 1. The van der Waals surface area contributed by atoms with Crippen molar-refractivity contribution in [3.8, 4) is 5.75 Å². The Bertz CT molecular complexity index is 1750. The number of benzene rings is 2. The molecule has 3 N–H and O–H groups in total. The van der Waals surface area contributed by atoms with E-state index in [2.05, 4.69) is 33.0 Å². The number of carbonyl (C=O) groups is 1. The quantitative estimate of drug-likeness (QED) is 0.285. The first-order valence-electron chi connectivity index (χ1n) is 17.0. The van der Waals surface area contributed by atoms with Gasteiger partial charge in [0.05, 0.1) is 43.0 Å². The number of amides is 1. The maximum atomic E-state index is 14.8. The van der Waals surface area contributed by atoms with E-state index in [-0.39, 0.29) is 53.8 Å². The summed E-state index contributed by atoms with van der Waals surface area (Å²) in [5.74, 6) is 1.70. The summed E-state index contributed by atoms with van der Waals surface area (Å²) >= 11 is 0. The summed E-state index contributed by atoms with van der Waals surface area (Å²) in [5.41, 5.74) is 8.25. The average molecular weight is 662 g/mol. The van der Waals surface area contributed by atoms with E-state index in [1.807, 2.05) is 9.80 Å². The Hall–Kier alpha value is -4.19. The lowest BCUT2D eigenvalue weighted by Gasteiger charge is -2.49. The van der Waals surface area contributed by atoms with E-state index in [0.717, 1.165) is 12.8 Å². The fourth-order valence-corrected chi connectivity index (χ4v) is 8.25. The third-order valence-corrected chi connectivity index (χ3v) is 10.1. The second kappa shape index (κ2) is 13.7. The van der Waals surface area contributed by atoms with Gasteiger partial charge in [-0.25, -0.2) is 14.4 Å². The molecule has 1 amide bonds. The number of rotatable bonds is 7. The fraction of sp³-hybridized carbons (Fsp3) is 0.556. The zero-order chi connectivity index (χ0) is 34.2. The molecule has 2 saturated heterocycles. The zero-order valence-electron chi connectivity index (χ0n) is 28.7. The highest BCUT2D eigenvalue weighted by atomic mass is 19.1. The molecule has 2 unspecified atom stereocenters. The van der Waals surface area contributed by atoms with Gasteiger partial charge in [-0.1, -0.05) is 26.8 Å². The Morgan fingerprint density at radius 3 is 2.62 bits per heavy atom. The molecule has 6 rings (SSSR count). The van der Waals surface area contributed by atoms with Gasteiger partial charge in [-0.15, -0.1) is 0 Å². The van der Waals surface area contributed by atoms with Crippen molar-refractivity contribution >= 4 is 34.4 Å². The molecule has 1 aliphatic carbocycles. The topological polar surface area (TPSA) is 127 Å². The van der Waals surface area contributed by atoms with Crippen LogP contribution in [0, 0.1) is 23.1 Å². The first kappa shape index (κ1) is 33.7. The number of ether oxygens (including phenoxy) is 2. The minimum Gasteiger partial charge on any atom is -0.497 e. The molecule has 12 heteroatoms. The summed E-state index contributed by atoms with van der Waals surface area (Å²) in [6.07, 6.45) is 3.60. The molecule has 0 bridgehead atoms. The SMILES string of the molecule is COc1ccc(CCn2c(N3CCOCC3)nc3cc(N=C(N)N4CC(=O)N[C@@H](C)C4C4C[C@@H](C)CC(C)(C)C4)ccc3c2=O)c(F)c1. The van der Waals surface area contributed by atoms with Crippen molar-refractivity contribution in [2.24, 2.45) is 28.0 Å². The van der Waals surface area contributed by atoms with E-state index in [0.29, 0.717) is 78.4 Å². The summed E-state index contributed by atoms with van der Waals surface area (Å²) in [6, 6.07) is 9.94. The molecule has 2 aliphatic heterocycles. The Balaban J connectivity index is 1.33. The number of methoxy groups -OCH3 is 1.